The molecule has 6 nitrogen and oxygen atoms in total. The molecule has 1 aromatic heterocycles. The zero-order valence-corrected chi connectivity index (χ0v) is 13.8. The van der Waals surface area contributed by atoms with Crippen LogP contribution in [0.1, 0.15) is 19.1 Å². The maximum atomic E-state index is 12.2. The van der Waals surface area contributed by atoms with E-state index in [9.17, 15) is 8.42 Å². The van der Waals surface area contributed by atoms with Crippen molar-refractivity contribution in [3.05, 3.63) is 24.2 Å². The normalized spacial score (nSPS) is 28.2. The van der Waals surface area contributed by atoms with Crippen molar-refractivity contribution in [2.45, 2.75) is 19.9 Å². The molecular formula is C15H24N2O4S. The van der Waals surface area contributed by atoms with Crippen LogP contribution in [-0.4, -0.2) is 62.8 Å². The average molecular weight is 328 g/mol. The molecule has 0 radical (unpaired) electrons. The van der Waals surface area contributed by atoms with Gasteiger partial charge in [-0.15, -0.1) is 0 Å². The molecule has 0 saturated carbocycles. The maximum Gasteiger partial charge on any atom is 0.213 e. The second kappa shape index (κ2) is 6.31. The SMILES string of the molecule is CCS(=O)(=O)N1CCOC[C@@]2(CCN(Cc3ccco3)C2)C1. The lowest BCUT2D eigenvalue weighted by atomic mass is 9.88. The minimum absolute atomic E-state index is 0.0919. The van der Waals surface area contributed by atoms with Crippen molar-refractivity contribution in [3.8, 4) is 0 Å². The van der Waals surface area contributed by atoms with Crippen LogP contribution >= 0.6 is 0 Å². The van der Waals surface area contributed by atoms with Crippen molar-refractivity contribution < 1.29 is 17.6 Å². The van der Waals surface area contributed by atoms with E-state index in [4.69, 9.17) is 9.15 Å². The van der Waals surface area contributed by atoms with Crippen LogP contribution in [0, 0.1) is 5.41 Å². The third-order valence-electron chi connectivity index (χ3n) is 4.64. The lowest BCUT2D eigenvalue weighted by Crippen LogP contribution is -2.43. The molecule has 0 aromatic carbocycles. The Morgan fingerprint density at radius 2 is 2.18 bits per heavy atom. The molecule has 2 fully saturated rings. The molecule has 2 saturated heterocycles. The number of likely N-dealkylation sites (tertiary alicyclic amines) is 1. The Hall–Kier alpha value is -0.890. The molecule has 3 rings (SSSR count). The zero-order chi connectivity index (χ0) is 15.6. The van der Waals surface area contributed by atoms with Gasteiger partial charge < -0.3 is 9.15 Å². The highest BCUT2D eigenvalue weighted by Crippen LogP contribution is 2.35. The highest BCUT2D eigenvalue weighted by atomic mass is 32.2. The third-order valence-corrected chi connectivity index (χ3v) is 6.47. The van der Waals surface area contributed by atoms with Gasteiger partial charge in [-0.2, -0.15) is 4.31 Å². The monoisotopic (exact) mass is 328 g/mol. The van der Waals surface area contributed by atoms with Crippen molar-refractivity contribution in [2.24, 2.45) is 5.41 Å². The molecule has 1 spiro atoms. The summed E-state index contributed by atoms with van der Waals surface area (Å²) in [6, 6.07) is 3.87. The average Bonchev–Trinajstić information content (AvgIpc) is 3.07. The summed E-state index contributed by atoms with van der Waals surface area (Å²) in [6.45, 7) is 6.43. The summed E-state index contributed by atoms with van der Waals surface area (Å²) in [6.07, 6.45) is 2.65. The van der Waals surface area contributed by atoms with Crippen LogP contribution in [0.15, 0.2) is 22.8 Å². The summed E-state index contributed by atoms with van der Waals surface area (Å²) in [4.78, 5) is 2.32. The van der Waals surface area contributed by atoms with E-state index in [2.05, 4.69) is 4.90 Å². The molecule has 7 heteroatoms. The first kappa shape index (κ1) is 16.0. The van der Waals surface area contributed by atoms with E-state index < -0.39 is 10.0 Å². The molecule has 0 N–H and O–H groups in total. The summed E-state index contributed by atoms with van der Waals surface area (Å²) >= 11 is 0. The molecule has 1 aromatic rings. The molecular weight excluding hydrogens is 304 g/mol. The fourth-order valence-corrected chi connectivity index (χ4v) is 4.59. The topological polar surface area (TPSA) is 63.0 Å². The Labute approximate surface area is 132 Å². The number of sulfonamides is 1. The van der Waals surface area contributed by atoms with Gasteiger partial charge >= 0.3 is 0 Å². The molecule has 2 aliphatic heterocycles. The summed E-state index contributed by atoms with van der Waals surface area (Å²) in [5.74, 6) is 1.10. The van der Waals surface area contributed by atoms with Gasteiger partial charge in [0.05, 0.1) is 31.8 Å². The quantitative estimate of drug-likeness (QED) is 0.830. The number of rotatable bonds is 4. The van der Waals surface area contributed by atoms with Crippen molar-refractivity contribution >= 4 is 10.0 Å². The van der Waals surface area contributed by atoms with E-state index in [1.54, 1.807) is 17.5 Å². The predicted octanol–water partition coefficient (Wildman–Crippen LogP) is 1.15. The first-order valence-corrected chi connectivity index (χ1v) is 9.44. The van der Waals surface area contributed by atoms with E-state index in [1.807, 2.05) is 12.1 Å². The minimum Gasteiger partial charge on any atom is -0.468 e. The first-order valence-electron chi connectivity index (χ1n) is 7.83. The third kappa shape index (κ3) is 3.37. The van der Waals surface area contributed by atoms with Gasteiger partial charge in [-0.05, 0) is 32.0 Å². The van der Waals surface area contributed by atoms with Crippen LogP contribution in [0.25, 0.3) is 0 Å². The van der Waals surface area contributed by atoms with Gasteiger partial charge in [0, 0.05) is 25.0 Å². The Kier molecular flexibility index (Phi) is 4.59. The second-order valence-electron chi connectivity index (χ2n) is 6.33. The van der Waals surface area contributed by atoms with Gasteiger partial charge in [0.25, 0.3) is 0 Å². The summed E-state index contributed by atoms with van der Waals surface area (Å²) in [5, 5.41) is 0. The highest BCUT2D eigenvalue weighted by Gasteiger charge is 2.43. The summed E-state index contributed by atoms with van der Waals surface area (Å²) in [7, 11) is -3.16. The molecule has 2 aliphatic rings. The van der Waals surface area contributed by atoms with Gasteiger partial charge in [-0.3, -0.25) is 4.90 Å². The van der Waals surface area contributed by atoms with E-state index in [0.717, 1.165) is 31.8 Å². The Bertz CT molecular complexity index is 587. The molecule has 0 aliphatic carbocycles. The molecule has 124 valence electrons. The molecule has 0 bridgehead atoms. The van der Waals surface area contributed by atoms with Crippen molar-refractivity contribution in [1.29, 1.82) is 0 Å². The van der Waals surface area contributed by atoms with E-state index >= 15 is 0 Å². The van der Waals surface area contributed by atoms with E-state index in [0.29, 0.717) is 26.3 Å². The van der Waals surface area contributed by atoms with Crippen LogP contribution in [0.3, 0.4) is 0 Å². The van der Waals surface area contributed by atoms with Crippen LogP contribution < -0.4 is 0 Å². The molecule has 0 unspecified atom stereocenters. The summed E-state index contributed by atoms with van der Waals surface area (Å²) in [5.41, 5.74) is -0.0919. The lowest BCUT2D eigenvalue weighted by molar-refractivity contribution is 0.0716. The minimum atomic E-state index is -3.16. The van der Waals surface area contributed by atoms with E-state index in [1.165, 1.54) is 0 Å². The number of ether oxygens (including phenoxy) is 1. The van der Waals surface area contributed by atoms with Gasteiger partial charge in [0.1, 0.15) is 5.76 Å². The standard InChI is InChI=1S/C15H24N2O4S/c1-2-22(18,19)17-7-9-20-13-15(12-17)5-6-16(11-15)10-14-4-3-8-21-14/h3-4,8H,2,5-7,9-13H2,1H3/t15-/m1/s1. The molecule has 1 atom stereocenters. The Balaban J connectivity index is 1.69. The Morgan fingerprint density at radius 3 is 2.91 bits per heavy atom. The smallest absolute Gasteiger partial charge is 0.213 e. The summed E-state index contributed by atoms with van der Waals surface area (Å²) < 4.78 is 37.2. The van der Waals surface area contributed by atoms with Gasteiger partial charge in [0.15, 0.2) is 0 Å². The maximum absolute atomic E-state index is 12.2. The van der Waals surface area contributed by atoms with Crippen molar-refractivity contribution in [2.75, 3.05) is 45.1 Å². The molecule has 22 heavy (non-hydrogen) atoms. The Morgan fingerprint density at radius 1 is 1.32 bits per heavy atom. The number of hydrogen-bond acceptors (Lipinski definition) is 5. The fourth-order valence-electron chi connectivity index (χ4n) is 3.41. The van der Waals surface area contributed by atoms with Crippen molar-refractivity contribution in [1.82, 2.24) is 9.21 Å². The first-order chi connectivity index (χ1) is 10.5. The van der Waals surface area contributed by atoms with Crippen LogP contribution in [0.5, 0.6) is 0 Å². The second-order valence-corrected chi connectivity index (χ2v) is 8.58. The zero-order valence-electron chi connectivity index (χ0n) is 13.0. The van der Waals surface area contributed by atoms with Gasteiger partial charge in [-0.25, -0.2) is 8.42 Å². The van der Waals surface area contributed by atoms with Crippen LogP contribution in [0.4, 0.5) is 0 Å². The van der Waals surface area contributed by atoms with Crippen molar-refractivity contribution in [3.63, 3.8) is 0 Å². The van der Waals surface area contributed by atoms with E-state index in [-0.39, 0.29) is 11.2 Å². The fraction of sp³-hybridized carbons (Fsp3) is 0.733. The molecule has 3 heterocycles. The lowest BCUT2D eigenvalue weighted by Gasteiger charge is -2.31. The molecule has 0 amide bonds. The number of hydrogen-bond donors (Lipinski definition) is 0. The highest BCUT2D eigenvalue weighted by molar-refractivity contribution is 7.89. The van der Waals surface area contributed by atoms with Gasteiger partial charge in [0.2, 0.25) is 10.0 Å². The van der Waals surface area contributed by atoms with Gasteiger partial charge in [-0.1, -0.05) is 0 Å². The predicted molar refractivity (Wildman–Crippen MR) is 82.9 cm³/mol. The van der Waals surface area contributed by atoms with Crippen LogP contribution in [-0.2, 0) is 21.3 Å². The van der Waals surface area contributed by atoms with Crippen LogP contribution in [0.2, 0.25) is 0 Å². The number of nitrogens with zero attached hydrogens (tertiary/aromatic N) is 2. The number of furan rings is 1. The largest absolute Gasteiger partial charge is 0.468 e.